The van der Waals surface area contributed by atoms with Gasteiger partial charge in [-0.1, -0.05) is 13.8 Å². The molecular weight excluding hydrogens is 150 g/mol. The van der Waals surface area contributed by atoms with Crippen LogP contribution in [-0.4, -0.2) is 50.2 Å². The predicted molar refractivity (Wildman–Crippen MR) is 52.4 cm³/mol. The van der Waals surface area contributed by atoms with Gasteiger partial charge in [-0.05, 0) is 13.1 Å². The van der Waals surface area contributed by atoms with Crippen LogP contribution in [0.3, 0.4) is 0 Å². The van der Waals surface area contributed by atoms with E-state index in [4.69, 9.17) is 0 Å². The molecule has 0 radical (unpaired) electrons. The van der Waals surface area contributed by atoms with Gasteiger partial charge in [0.2, 0.25) is 0 Å². The molecule has 0 spiro atoms. The number of hydrogen-bond acceptors (Lipinski definition) is 3. The normalized spacial score (nSPS) is 18.2. The summed E-state index contributed by atoms with van der Waals surface area (Å²) in [6, 6.07) is 0.737. The van der Waals surface area contributed by atoms with Crippen molar-refractivity contribution in [3.63, 3.8) is 0 Å². The van der Waals surface area contributed by atoms with Crippen LogP contribution in [0.1, 0.15) is 13.8 Å². The van der Waals surface area contributed by atoms with Gasteiger partial charge in [-0.3, -0.25) is 0 Å². The SMILES string of the molecule is CCN(CC)CCNC1CNC1. The van der Waals surface area contributed by atoms with Gasteiger partial charge < -0.3 is 15.5 Å². The first-order valence-corrected chi connectivity index (χ1v) is 5.03. The highest BCUT2D eigenvalue weighted by Crippen LogP contribution is 1.90. The van der Waals surface area contributed by atoms with Gasteiger partial charge in [0.15, 0.2) is 0 Å². The van der Waals surface area contributed by atoms with Crippen LogP contribution in [0.25, 0.3) is 0 Å². The lowest BCUT2D eigenvalue weighted by Crippen LogP contribution is -2.56. The Hall–Kier alpha value is -0.120. The molecule has 1 fully saturated rings. The first-order chi connectivity index (χ1) is 5.86. The molecule has 72 valence electrons. The zero-order chi connectivity index (χ0) is 8.81. The van der Waals surface area contributed by atoms with Crippen molar-refractivity contribution in [2.75, 3.05) is 39.3 Å². The Kier molecular flexibility index (Phi) is 4.58. The smallest absolute Gasteiger partial charge is 0.0318 e. The molecule has 3 nitrogen and oxygen atoms in total. The summed E-state index contributed by atoms with van der Waals surface area (Å²) in [5, 5.41) is 6.77. The minimum atomic E-state index is 0.737. The molecule has 0 aliphatic carbocycles. The zero-order valence-corrected chi connectivity index (χ0v) is 8.27. The van der Waals surface area contributed by atoms with Crippen molar-refractivity contribution in [2.45, 2.75) is 19.9 Å². The molecule has 0 aromatic carbocycles. The second kappa shape index (κ2) is 5.51. The lowest BCUT2D eigenvalue weighted by Gasteiger charge is -2.29. The monoisotopic (exact) mass is 171 g/mol. The Morgan fingerprint density at radius 3 is 2.42 bits per heavy atom. The van der Waals surface area contributed by atoms with Crippen LogP contribution in [0, 0.1) is 0 Å². The van der Waals surface area contributed by atoms with Crippen molar-refractivity contribution in [1.29, 1.82) is 0 Å². The fourth-order valence-corrected chi connectivity index (χ4v) is 1.40. The Balaban J connectivity index is 1.92. The Labute approximate surface area is 75.5 Å². The number of hydrogen-bond donors (Lipinski definition) is 2. The van der Waals surface area contributed by atoms with E-state index in [-0.39, 0.29) is 0 Å². The fourth-order valence-electron chi connectivity index (χ4n) is 1.40. The first-order valence-electron chi connectivity index (χ1n) is 5.03. The molecule has 3 heteroatoms. The maximum absolute atomic E-state index is 3.51. The average Bonchev–Trinajstić information content (AvgIpc) is 2.02. The number of likely N-dealkylation sites (N-methyl/N-ethyl adjacent to an activating group) is 1. The molecular formula is C9H21N3. The molecule has 1 rings (SSSR count). The van der Waals surface area contributed by atoms with Crippen LogP contribution in [0.2, 0.25) is 0 Å². The molecule has 0 atom stereocenters. The molecule has 12 heavy (non-hydrogen) atoms. The molecule has 1 aliphatic rings. The van der Waals surface area contributed by atoms with Crippen LogP contribution in [0.15, 0.2) is 0 Å². The van der Waals surface area contributed by atoms with Crippen molar-refractivity contribution in [3.8, 4) is 0 Å². The lowest BCUT2D eigenvalue weighted by molar-refractivity contribution is 0.282. The summed E-state index contributed by atoms with van der Waals surface area (Å²) in [6.07, 6.45) is 0. The van der Waals surface area contributed by atoms with E-state index < -0.39 is 0 Å². The molecule has 1 heterocycles. The van der Waals surface area contributed by atoms with Crippen LogP contribution in [0.5, 0.6) is 0 Å². The summed E-state index contributed by atoms with van der Waals surface area (Å²) in [6.45, 7) is 11.4. The van der Waals surface area contributed by atoms with Crippen molar-refractivity contribution in [3.05, 3.63) is 0 Å². The van der Waals surface area contributed by atoms with E-state index in [1.165, 1.54) is 19.6 Å². The largest absolute Gasteiger partial charge is 0.314 e. The first kappa shape index (κ1) is 9.96. The second-order valence-electron chi connectivity index (χ2n) is 3.34. The Morgan fingerprint density at radius 2 is 2.00 bits per heavy atom. The second-order valence-corrected chi connectivity index (χ2v) is 3.34. The van der Waals surface area contributed by atoms with E-state index in [0.717, 1.165) is 25.7 Å². The molecule has 2 N–H and O–H groups in total. The van der Waals surface area contributed by atoms with Crippen molar-refractivity contribution in [1.82, 2.24) is 15.5 Å². The molecule has 0 aromatic rings. The zero-order valence-electron chi connectivity index (χ0n) is 8.27. The quantitative estimate of drug-likeness (QED) is 0.584. The third kappa shape index (κ3) is 3.09. The molecule has 0 unspecified atom stereocenters. The Bertz CT molecular complexity index is 108. The molecule has 0 saturated carbocycles. The average molecular weight is 171 g/mol. The van der Waals surface area contributed by atoms with E-state index in [9.17, 15) is 0 Å². The summed E-state index contributed by atoms with van der Waals surface area (Å²) >= 11 is 0. The minimum Gasteiger partial charge on any atom is -0.314 e. The number of rotatable bonds is 6. The highest BCUT2D eigenvalue weighted by atomic mass is 15.1. The predicted octanol–water partition coefficient (Wildman–Crippen LogP) is -0.110. The van der Waals surface area contributed by atoms with Gasteiger partial charge in [0.05, 0.1) is 0 Å². The van der Waals surface area contributed by atoms with E-state index in [1.807, 2.05) is 0 Å². The van der Waals surface area contributed by atoms with E-state index in [1.54, 1.807) is 0 Å². The van der Waals surface area contributed by atoms with Crippen molar-refractivity contribution >= 4 is 0 Å². The van der Waals surface area contributed by atoms with Crippen LogP contribution < -0.4 is 10.6 Å². The third-order valence-electron chi connectivity index (χ3n) is 2.54. The van der Waals surface area contributed by atoms with E-state index >= 15 is 0 Å². The standard InChI is InChI=1S/C9H21N3/c1-3-12(4-2)6-5-11-9-7-10-8-9/h9-11H,3-8H2,1-2H3. The van der Waals surface area contributed by atoms with E-state index in [2.05, 4.69) is 29.4 Å². The maximum atomic E-state index is 3.51. The van der Waals surface area contributed by atoms with Crippen LogP contribution in [0.4, 0.5) is 0 Å². The van der Waals surface area contributed by atoms with Gasteiger partial charge in [-0.2, -0.15) is 0 Å². The number of nitrogens with zero attached hydrogens (tertiary/aromatic N) is 1. The van der Waals surface area contributed by atoms with Gasteiger partial charge in [-0.25, -0.2) is 0 Å². The highest BCUT2D eigenvalue weighted by Gasteiger charge is 2.14. The van der Waals surface area contributed by atoms with Gasteiger partial charge in [0.25, 0.3) is 0 Å². The lowest BCUT2D eigenvalue weighted by atomic mass is 10.2. The molecule has 0 bridgehead atoms. The highest BCUT2D eigenvalue weighted by molar-refractivity contribution is 4.81. The maximum Gasteiger partial charge on any atom is 0.0318 e. The molecule has 1 saturated heterocycles. The van der Waals surface area contributed by atoms with Crippen molar-refractivity contribution < 1.29 is 0 Å². The molecule has 0 aromatic heterocycles. The molecule has 0 amide bonds. The summed E-state index contributed by atoms with van der Waals surface area (Å²) < 4.78 is 0. The molecule has 1 aliphatic heterocycles. The number of nitrogens with one attached hydrogen (secondary N) is 2. The summed E-state index contributed by atoms with van der Waals surface area (Å²) in [5.74, 6) is 0. The topological polar surface area (TPSA) is 27.3 Å². The minimum absolute atomic E-state index is 0.737. The van der Waals surface area contributed by atoms with Gasteiger partial charge >= 0.3 is 0 Å². The van der Waals surface area contributed by atoms with Gasteiger partial charge in [-0.15, -0.1) is 0 Å². The summed E-state index contributed by atoms with van der Waals surface area (Å²) in [4.78, 5) is 2.44. The fraction of sp³-hybridized carbons (Fsp3) is 1.00. The third-order valence-corrected chi connectivity index (χ3v) is 2.54. The van der Waals surface area contributed by atoms with Crippen LogP contribution >= 0.6 is 0 Å². The summed E-state index contributed by atoms with van der Waals surface area (Å²) in [5.41, 5.74) is 0. The van der Waals surface area contributed by atoms with E-state index in [0.29, 0.717) is 0 Å². The van der Waals surface area contributed by atoms with Gasteiger partial charge in [0.1, 0.15) is 0 Å². The van der Waals surface area contributed by atoms with Gasteiger partial charge in [0, 0.05) is 32.2 Å². The summed E-state index contributed by atoms with van der Waals surface area (Å²) in [7, 11) is 0. The Morgan fingerprint density at radius 1 is 1.33 bits per heavy atom. The van der Waals surface area contributed by atoms with Crippen LogP contribution in [-0.2, 0) is 0 Å². The van der Waals surface area contributed by atoms with Crippen molar-refractivity contribution in [2.24, 2.45) is 0 Å².